The molecule has 4 aromatic rings. The van der Waals surface area contributed by atoms with E-state index in [1.54, 1.807) is 23.1 Å². The Bertz CT molecular complexity index is 1230. The highest BCUT2D eigenvalue weighted by Gasteiger charge is 2.27. The molecule has 1 N–H and O–H groups in total. The third-order valence-corrected chi connectivity index (χ3v) is 5.49. The number of hydrogen-bond acceptors (Lipinski definition) is 4. The van der Waals surface area contributed by atoms with E-state index in [0.717, 1.165) is 47.5 Å². The van der Waals surface area contributed by atoms with Gasteiger partial charge in [0.1, 0.15) is 18.2 Å². The number of nitrogens with one attached hydrogen (secondary N) is 1. The minimum absolute atomic E-state index is 0.252. The SMILES string of the molecule is O=C(Nc1cccc(COCc2ccco2)c1)c1nn(-c2ccc(F)cc2)c2c1CCC2. The van der Waals surface area contributed by atoms with Gasteiger partial charge < -0.3 is 14.5 Å². The zero-order valence-electron chi connectivity index (χ0n) is 17.4. The van der Waals surface area contributed by atoms with Crippen LogP contribution in [0.25, 0.3) is 5.69 Å². The Kier molecular flexibility index (Phi) is 5.56. The van der Waals surface area contributed by atoms with Gasteiger partial charge in [0.05, 0.1) is 18.6 Å². The number of nitrogens with zero attached hydrogens (tertiary/aromatic N) is 2. The molecule has 2 aromatic carbocycles. The molecule has 7 heteroatoms. The molecule has 6 nitrogen and oxygen atoms in total. The van der Waals surface area contributed by atoms with Crippen LogP contribution in [0.2, 0.25) is 0 Å². The van der Waals surface area contributed by atoms with E-state index in [2.05, 4.69) is 10.4 Å². The average Bonchev–Trinajstić information content (AvgIpc) is 3.53. The maximum atomic E-state index is 13.3. The van der Waals surface area contributed by atoms with Crippen molar-refractivity contribution in [3.8, 4) is 5.69 Å². The van der Waals surface area contributed by atoms with Gasteiger partial charge in [-0.2, -0.15) is 5.10 Å². The lowest BCUT2D eigenvalue weighted by Crippen LogP contribution is -2.15. The van der Waals surface area contributed by atoms with Crippen LogP contribution >= 0.6 is 0 Å². The number of carbonyl (C=O) groups is 1. The lowest BCUT2D eigenvalue weighted by atomic mass is 10.1. The lowest BCUT2D eigenvalue weighted by molar-refractivity contribution is 0.0929. The van der Waals surface area contributed by atoms with Crippen molar-refractivity contribution >= 4 is 11.6 Å². The van der Waals surface area contributed by atoms with Crippen molar-refractivity contribution < 1.29 is 18.3 Å². The maximum absolute atomic E-state index is 13.3. The van der Waals surface area contributed by atoms with Gasteiger partial charge in [0.2, 0.25) is 0 Å². The Balaban J connectivity index is 1.31. The van der Waals surface area contributed by atoms with E-state index < -0.39 is 0 Å². The van der Waals surface area contributed by atoms with Gasteiger partial charge >= 0.3 is 0 Å². The molecule has 0 spiro atoms. The van der Waals surface area contributed by atoms with Gasteiger partial charge in [-0.05, 0) is 73.4 Å². The van der Waals surface area contributed by atoms with Crippen LogP contribution in [0, 0.1) is 5.82 Å². The van der Waals surface area contributed by atoms with E-state index in [1.807, 2.05) is 36.4 Å². The zero-order chi connectivity index (χ0) is 21.9. The number of halogens is 1. The van der Waals surface area contributed by atoms with E-state index in [4.69, 9.17) is 9.15 Å². The summed E-state index contributed by atoms with van der Waals surface area (Å²) in [7, 11) is 0. The molecule has 2 heterocycles. The summed E-state index contributed by atoms with van der Waals surface area (Å²) in [4.78, 5) is 13.1. The van der Waals surface area contributed by atoms with Gasteiger partial charge in [0.15, 0.2) is 5.69 Å². The smallest absolute Gasteiger partial charge is 0.276 e. The molecule has 2 aromatic heterocycles. The molecule has 1 aliphatic carbocycles. The number of aromatic nitrogens is 2. The Morgan fingerprint density at radius 1 is 1.09 bits per heavy atom. The molecule has 0 saturated heterocycles. The molecule has 1 aliphatic rings. The first kappa shape index (κ1) is 20.2. The highest BCUT2D eigenvalue weighted by molar-refractivity contribution is 6.04. The van der Waals surface area contributed by atoms with Gasteiger partial charge in [-0.25, -0.2) is 9.07 Å². The molecule has 32 heavy (non-hydrogen) atoms. The number of rotatable bonds is 7. The monoisotopic (exact) mass is 431 g/mol. The highest BCUT2D eigenvalue weighted by Crippen LogP contribution is 2.28. The van der Waals surface area contributed by atoms with Crippen molar-refractivity contribution in [2.75, 3.05) is 5.32 Å². The van der Waals surface area contributed by atoms with E-state index in [0.29, 0.717) is 24.6 Å². The van der Waals surface area contributed by atoms with Crippen molar-refractivity contribution in [2.45, 2.75) is 32.5 Å². The number of amides is 1. The summed E-state index contributed by atoms with van der Waals surface area (Å²) in [5.74, 6) is 0.209. The fourth-order valence-corrected chi connectivity index (χ4v) is 4.01. The van der Waals surface area contributed by atoms with Crippen LogP contribution in [0.5, 0.6) is 0 Å². The molecule has 0 bridgehead atoms. The molecule has 0 fully saturated rings. The van der Waals surface area contributed by atoms with Crippen LogP contribution in [0.1, 0.15) is 39.5 Å². The molecule has 1 amide bonds. The van der Waals surface area contributed by atoms with Crippen LogP contribution in [0.15, 0.2) is 71.3 Å². The van der Waals surface area contributed by atoms with E-state index in [9.17, 15) is 9.18 Å². The summed E-state index contributed by atoms with van der Waals surface area (Å²) < 4.78 is 26.0. The van der Waals surface area contributed by atoms with E-state index in [1.165, 1.54) is 12.1 Å². The van der Waals surface area contributed by atoms with Crippen LogP contribution in [-0.2, 0) is 30.8 Å². The van der Waals surface area contributed by atoms with Crippen molar-refractivity contribution in [1.82, 2.24) is 9.78 Å². The first-order chi connectivity index (χ1) is 15.7. The first-order valence-corrected chi connectivity index (χ1v) is 10.5. The number of ether oxygens (including phenoxy) is 1. The van der Waals surface area contributed by atoms with Crippen molar-refractivity contribution in [3.63, 3.8) is 0 Å². The minimum atomic E-state index is -0.302. The third kappa shape index (κ3) is 4.20. The molecule has 5 rings (SSSR count). The Morgan fingerprint density at radius 2 is 1.97 bits per heavy atom. The Morgan fingerprint density at radius 3 is 2.78 bits per heavy atom. The molecule has 0 aliphatic heterocycles. The van der Waals surface area contributed by atoms with Gasteiger partial charge in [-0.15, -0.1) is 0 Å². The average molecular weight is 431 g/mol. The molecule has 0 unspecified atom stereocenters. The predicted octanol–water partition coefficient (Wildman–Crippen LogP) is 5.06. The van der Waals surface area contributed by atoms with Crippen LogP contribution < -0.4 is 5.32 Å². The fraction of sp³-hybridized carbons (Fsp3) is 0.200. The summed E-state index contributed by atoms with van der Waals surface area (Å²) in [5, 5.41) is 7.53. The summed E-state index contributed by atoms with van der Waals surface area (Å²) >= 11 is 0. The molecule has 0 saturated carbocycles. The standard InChI is InChI=1S/C25H22FN3O3/c26-18-9-11-20(12-10-18)29-23-8-2-7-22(23)24(28-29)25(30)27-19-5-1-4-17(14-19)15-31-16-21-6-3-13-32-21/h1,3-6,9-14H,2,7-8,15-16H2,(H,27,30). The van der Waals surface area contributed by atoms with Crippen molar-refractivity contribution in [1.29, 1.82) is 0 Å². The number of hydrogen-bond donors (Lipinski definition) is 1. The second-order valence-electron chi connectivity index (χ2n) is 7.74. The summed E-state index contributed by atoms with van der Waals surface area (Å²) in [5.41, 5.74) is 4.76. The highest BCUT2D eigenvalue weighted by atomic mass is 19.1. The molecule has 0 atom stereocenters. The fourth-order valence-electron chi connectivity index (χ4n) is 4.01. The topological polar surface area (TPSA) is 69.3 Å². The Labute approximate surface area is 184 Å². The van der Waals surface area contributed by atoms with Gasteiger partial charge in [-0.1, -0.05) is 12.1 Å². The van der Waals surface area contributed by atoms with Crippen LogP contribution in [0.3, 0.4) is 0 Å². The maximum Gasteiger partial charge on any atom is 0.276 e. The van der Waals surface area contributed by atoms with Crippen molar-refractivity contribution in [2.24, 2.45) is 0 Å². The minimum Gasteiger partial charge on any atom is -0.467 e. The molecular formula is C25H22FN3O3. The normalized spacial score (nSPS) is 12.7. The summed E-state index contributed by atoms with van der Waals surface area (Å²) in [6.45, 7) is 0.787. The number of furan rings is 1. The van der Waals surface area contributed by atoms with Crippen LogP contribution in [0.4, 0.5) is 10.1 Å². The van der Waals surface area contributed by atoms with Gasteiger partial charge in [0.25, 0.3) is 5.91 Å². The van der Waals surface area contributed by atoms with Gasteiger partial charge in [0, 0.05) is 16.9 Å². The number of fused-ring (bicyclic) bond motifs is 1. The van der Waals surface area contributed by atoms with Crippen LogP contribution in [-0.4, -0.2) is 15.7 Å². The number of carbonyl (C=O) groups excluding carboxylic acids is 1. The second-order valence-corrected chi connectivity index (χ2v) is 7.74. The number of anilines is 1. The first-order valence-electron chi connectivity index (χ1n) is 10.5. The molecule has 0 radical (unpaired) electrons. The Hall–Kier alpha value is -3.71. The molecular weight excluding hydrogens is 409 g/mol. The second kappa shape index (κ2) is 8.80. The van der Waals surface area contributed by atoms with E-state index in [-0.39, 0.29) is 11.7 Å². The summed E-state index contributed by atoms with van der Waals surface area (Å²) in [6, 6.07) is 17.4. The van der Waals surface area contributed by atoms with Crippen molar-refractivity contribution in [3.05, 3.63) is 101 Å². The number of benzene rings is 2. The predicted molar refractivity (Wildman–Crippen MR) is 117 cm³/mol. The zero-order valence-corrected chi connectivity index (χ0v) is 17.4. The third-order valence-electron chi connectivity index (χ3n) is 5.49. The van der Waals surface area contributed by atoms with Gasteiger partial charge in [-0.3, -0.25) is 4.79 Å². The van der Waals surface area contributed by atoms with E-state index >= 15 is 0 Å². The largest absolute Gasteiger partial charge is 0.467 e. The lowest BCUT2D eigenvalue weighted by Gasteiger charge is -2.08. The summed E-state index contributed by atoms with van der Waals surface area (Å²) in [6.07, 6.45) is 4.23. The molecule has 162 valence electrons. The quantitative estimate of drug-likeness (QED) is 0.444.